The van der Waals surface area contributed by atoms with Crippen LogP contribution in [0.3, 0.4) is 0 Å². The minimum absolute atomic E-state index is 0.358. The van der Waals surface area contributed by atoms with Crippen LogP contribution in [0.1, 0.15) is 43.3 Å². The number of carbonyl (C=O) groups excluding carboxylic acids is 1. The maximum atomic E-state index is 11.2. The maximum Gasteiger partial charge on any atom is 0.242 e. The van der Waals surface area contributed by atoms with Crippen LogP contribution in [0.4, 0.5) is 0 Å². The molecule has 1 aromatic rings. The van der Waals surface area contributed by atoms with E-state index in [-0.39, 0.29) is 5.91 Å². The average molecular weight is 238 g/mol. The molecular weight excluding hydrogens is 216 g/mol. The fourth-order valence-electron chi connectivity index (χ4n) is 1.84. The quantitative estimate of drug-likeness (QED) is 0.727. The van der Waals surface area contributed by atoms with Crippen LogP contribution in [0.5, 0.6) is 0 Å². The summed E-state index contributed by atoms with van der Waals surface area (Å²) in [6, 6.07) is -0.395. The standard InChI is InChI=1S/C12H22N4O/c1-5-6-14-7-11-8(2)15-16(9(11)3)10(4)12(13)17/h10,14H,5-7H2,1-4H3,(H2,13,17). The van der Waals surface area contributed by atoms with Crippen molar-refractivity contribution in [3.05, 3.63) is 17.0 Å². The number of nitrogens with one attached hydrogen (secondary N) is 1. The third-order valence-corrected chi connectivity index (χ3v) is 2.98. The van der Waals surface area contributed by atoms with Gasteiger partial charge in [0, 0.05) is 17.8 Å². The first-order valence-corrected chi connectivity index (χ1v) is 6.03. The van der Waals surface area contributed by atoms with Crippen LogP contribution in [0.25, 0.3) is 0 Å². The van der Waals surface area contributed by atoms with E-state index in [1.807, 2.05) is 13.8 Å². The number of aromatic nitrogens is 2. The van der Waals surface area contributed by atoms with Gasteiger partial charge in [-0.15, -0.1) is 0 Å². The Hall–Kier alpha value is -1.36. The van der Waals surface area contributed by atoms with Crippen LogP contribution in [-0.2, 0) is 11.3 Å². The Morgan fingerprint density at radius 2 is 2.18 bits per heavy atom. The van der Waals surface area contributed by atoms with Gasteiger partial charge in [-0.05, 0) is 33.7 Å². The molecule has 1 rings (SSSR count). The lowest BCUT2D eigenvalue weighted by Crippen LogP contribution is -2.25. The Balaban J connectivity index is 2.89. The van der Waals surface area contributed by atoms with Crippen molar-refractivity contribution in [3.63, 3.8) is 0 Å². The number of aryl methyl sites for hydroxylation is 1. The van der Waals surface area contributed by atoms with Crippen LogP contribution in [0.15, 0.2) is 0 Å². The number of amides is 1. The summed E-state index contributed by atoms with van der Waals surface area (Å²) in [4.78, 5) is 11.2. The molecule has 17 heavy (non-hydrogen) atoms. The molecule has 0 aromatic carbocycles. The second kappa shape index (κ2) is 5.82. The number of hydrogen-bond donors (Lipinski definition) is 2. The van der Waals surface area contributed by atoms with E-state index >= 15 is 0 Å². The Morgan fingerprint density at radius 3 is 2.71 bits per heavy atom. The van der Waals surface area contributed by atoms with E-state index in [0.29, 0.717) is 0 Å². The van der Waals surface area contributed by atoms with Crippen molar-refractivity contribution in [1.82, 2.24) is 15.1 Å². The van der Waals surface area contributed by atoms with E-state index in [1.54, 1.807) is 11.6 Å². The Bertz CT molecular complexity index is 397. The predicted molar refractivity (Wildman–Crippen MR) is 67.6 cm³/mol. The summed E-state index contributed by atoms with van der Waals surface area (Å²) in [5, 5.41) is 7.73. The molecule has 1 aromatic heterocycles. The molecule has 1 atom stereocenters. The third kappa shape index (κ3) is 3.06. The summed E-state index contributed by atoms with van der Waals surface area (Å²) in [5.74, 6) is -0.358. The molecule has 3 N–H and O–H groups in total. The second-order valence-corrected chi connectivity index (χ2v) is 4.35. The molecule has 96 valence electrons. The molecule has 5 nitrogen and oxygen atoms in total. The van der Waals surface area contributed by atoms with E-state index in [4.69, 9.17) is 5.73 Å². The topological polar surface area (TPSA) is 72.9 Å². The first-order valence-electron chi connectivity index (χ1n) is 6.03. The number of primary amides is 1. The van der Waals surface area contributed by atoms with Crippen LogP contribution in [-0.4, -0.2) is 22.2 Å². The minimum Gasteiger partial charge on any atom is -0.368 e. The predicted octanol–water partition coefficient (Wildman–Crippen LogP) is 1.05. The van der Waals surface area contributed by atoms with Crippen molar-refractivity contribution in [3.8, 4) is 0 Å². The smallest absolute Gasteiger partial charge is 0.242 e. The molecule has 1 unspecified atom stereocenters. The largest absolute Gasteiger partial charge is 0.368 e. The summed E-state index contributed by atoms with van der Waals surface area (Å²) >= 11 is 0. The molecule has 0 saturated carbocycles. The lowest BCUT2D eigenvalue weighted by atomic mass is 10.2. The van der Waals surface area contributed by atoms with Gasteiger partial charge in [0.05, 0.1) is 5.69 Å². The highest BCUT2D eigenvalue weighted by molar-refractivity contribution is 5.77. The number of hydrogen-bond acceptors (Lipinski definition) is 3. The van der Waals surface area contributed by atoms with Crippen LogP contribution in [0.2, 0.25) is 0 Å². The van der Waals surface area contributed by atoms with Crippen LogP contribution in [0, 0.1) is 13.8 Å². The van der Waals surface area contributed by atoms with Crippen LogP contribution < -0.4 is 11.1 Å². The van der Waals surface area contributed by atoms with Gasteiger partial charge in [0.25, 0.3) is 0 Å². The molecule has 0 aliphatic rings. The van der Waals surface area contributed by atoms with Crippen molar-refractivity contribution in [2.24, 2.45) is 5.73 Å². The Kier molecular flexibility index (Phi) is 4.69. The van der Waals surface area contributed by atoms with Gasteiger partial charge < -0.3 is 11.1 Å². The highest BCUT2D eigenvalue weighted by Gasteiger charge is 2.18. The van der Waals surface area contributed by atoms with Crippen molar-refractivity contribution < 1.29 is 4.79 Å². The van der Waals surface area contributed by atoms with E-state index in [2.05, 4.69) is 17.3 Å². The number of nitrogens with zero attached hydrogens (tertiary/aromatic N) is 2. The van der Waals surface area contributed by atoms with Gasteiger partial charge in [0.1, 0.15) is 6.04 Å². The lowest BCUT2D eigenvalue weighted by molar-refractivity contribution is -0.121. The molecule has 0 bridgehead atoms. The van der Waals surface area contributed by atoms with E-state index in [0.717, 1.165) is 36.5 Å². The molecule has 0 saturated heterocycles. The zero-order valence-electron chi connectivity index (χ0n) is 11.1. The molecule has 0 fully saturated rings. The van der Waals surface area contributed by atoms with E-state index in [9.17, 15) is 4.79 Å². The van der Waals surface area contributed by atoms with Gasteiger partial charge in [-0.1, -0.05) is 6.92 Å². The SMILES string of the molecule is CCCNCc1c(C)nn(C(C)C(N)=O)c1C. The van der Waals surface area contributed by atoms with Crippen molar-refractivity contribution in [2.75, 3.05) is 6.54 Å². The minimum atomic E-state index is -0.395. The summed E-state index contributed by atoms with van der Waals surface area (Å²) in [7, 11) is 0. The molecular formula is C12H22N4O. The molecule has 1 amide bonds. The zero-order valence-corrected chi connectivity index (χ0v) is 11.1. The summed E-state index contributed by atoms with van der Waals surface area (Å²) in [5.41, 5.74) is 8.43. The van der Waals surface area contributed by atoms with Gasteiger partial charge in [-0.3, -0.25) is 9.48 Å². The Morgan fingerprint density at radius 1 is 1.53 bits per heavy atom. The Labute approximate surface area is 102 Å². The number of carbonyl (C=O) groups is 1. The normalized spacial score (nSPS) is 12.7. The first-order chi connectivity index (χ1) is 7.99. The fraction of sp³-hybridized carbons (Fsp3) is 0.667. The van der Waals surface area contributed by atoms with Crippen LogP contribution >= 0.6 is 0 Å². The highest BCUT2D eigenvalue weighted by Crippen LogP contribution is 2.17. The summed E-state index contributed by atoms with van der Waals surface area (Å²) < 4.78 is 1.71. The first kappa shape index (κ1) is 13.7. The van der Waals surface area contributed by atoms with Crippen molar-refractivity contribution in [1.29, 1.82) is 0 Å². The second-order valence-electron chi connectivity index (χ2n) is 4.35. The number of nitrogens with two attached hydrogens (primary N) is 1. The molecule has 1 heterocycles. The van der Waals surface area contributed by atoms with Crippen molar-refractivity contribution in [2.45, 2.75) is 46.7 Å². The molecule has 0 radical (unpaired) electrons. The fourth-order valence-corrected chi connectivity index (χ4v) is 1.84. The van der Waals surface area contributed by atoms with Gasteiger partial charge in [-0.2, -0.15) is 5.10 Å². The lowest BCUT2D eigenvalue weighted by Gasteiger charge is -2.10. The summed E-state index contributed by atoms with van der Waals surface area (Å²) in [6.07, 6.45) is 1.10. The van der Waals surface area contributed by atoms with E-state index in [1.165, 1.54) is 0 Å². The van der Waals surface area contributed by atoms with Gasteiger partial charge in [0.2, 0.25) is 5.91 Å². The maximum absolute atomic E-state index is 11.2. The average Bonchev–Trinajstić information content (AvgIpc) is 2.55. The molecule has 0 spiro atoms. The third-order valence-electron chi connectivity index (χ3n) is 2.98. The van der Waals surface area contributed by atoms with Gasteiger partial charge >= 0.3 is 0 Å². The molecule has 0 aliphatic carbocycles. The summed E-state index contributed by atoms with van der Waals surface area (Å²) in [6.45, 7) is 9.60. The van der Waals surface area contributed by atoms with Gasteiger partial charge in [-0.25, -0.2) is 0 Å². The van der Waals surface area contributed by atoms with Gasteiger partial charge in [0.15, 0.2) is 0 Å². The van der Waals surface area contributed by atoms with E-state index < -0.39 is 6.04 Å². The zero-order chi connectivity index (χ0) is 13.0. The highest BCUT2D eigenvalue weighted by atomic mass is 16.1. The number of rotatable bonds is 6. The van der Waals surface area contributed by atoms with Crippen molar-refractivity contribution >= 4 is 5.91 Å². The molecule has 5 heteroatoms. The monoisotopic (exact) mass is 238 g/mol. The molecule has 0 aliphatic heterocycles.